The van der Waals surface area contributed by atoms with Crippen LogP contribution in [-0.2, 0) is 11.9 Å². The Kier molecular flexibility index (Phi) is 13.7. The van der Waals surface area contributed by atoms with Crippen LogP contribution >= 0.6 is 39.1 Å². The zero-order valence-electron chi connectivity index (χ0n) is 31.6. The van der Waals surface area contributed by atoms with E-state index in [2.05, 4.69) is 61.2 Å². The van der Waals surface area contributed by atoms with Gasteiger partial charge >= 0.3 is 0 Å². The van der Waals surface area contributed by atoms with Crippen LogP contribution in [-0.4, -0.2) is 49.9 Å². The number of H-pyrrole nitrogens is 3. The van der Waals surface area contributed by atoms with Crippen LogP contribution in [0.15, 0.2) is 105 Å². The van der Waals surface area contributed by atoms with E-state index in [0.717, 1.165) is 5.69 Å². The molecule has 0 radical (unpaired) electrons. The predicted molar refractivity (Wildman–Crippen MR) is 227 cm³/mol. The minimum Gasteiger partial charge on any atom is -0.450 e. The molecule has 0 amide bonds. The molecule has 0 fully saturated rings. The number of nitrogens with zero attached hydrogens (tertiary/aromatic N) is 9. The van der Waals surface area contributed by atoms with Gasteiger partial charge in [-0.15, -0.1) is 0 Å². The highest BCUT2D eigenvalue weighted by atomic mass is 79.9. The Labute approximate surface area is 361 Å². The number of aromatic amines is 3. The summed E-state index contributed by atoms with van der Waals surface area (Å²) < 4.78 is 12.4. The number of hydrogen-bond donors (Lipinski definition) is 3. The van der Waals surface area contributed by atoms with E-state index in [-0.39, 0.29) is 40.5 Å². The summed E-state index contributed by atoms with van der Waals surface area (Å²) in [6.07, 6.45) is 5.85. The van der Waals surface area contributed by atoms with Gasteiger partial charge in [0, 0.05) is 27.8 Å². The van der Waals surface area contributed by atoms with Crippen molar-refractivity contribution in [1.29, 1.82) is 10.5 Å². The first-order chi connectivity index (χ1) is 29.4. The lowest BCUT2D eigenvalue weighted by atomic mass is 10.2. The van der Waals surface area contributed by atoms with Crippen molar-refractivity contribution in [3.63, 3.8) is 0 Å². The molecule has 0 atom stereocenters. The Morgan fingerprint density at radius 3 is 1.77 bits per heavy atom. The molecule has 0 aliphatic rings. The van der Waals surface area contributed by atoms with Gasteiger partial charge in [-0.05, 0) is 74.5 Å². The monoisotopic (exact) mass is 920 g/mol. The number of aromatic nitrogens is 10. The SMILES string of the molecule is Cc1nc[nH]c(=O)c1Oc1cc(Cl)cc(C#N)c1.Cc1ncn(Cc2n[nH]c(=O)c3cccnc23)c(=O)c1Oc1cc(Cl)cc(C#N)c1.O=c1[nH]nc(CBr)c2ncccc12. The highest BCUT2D eigenvalue weighted by Gasteiger charge is 2.16. The number of pyridine rings is 2. The topological polar surface area (TPSA) is 264 Å². The summed E-state index contributed by atoms with van der Waals surface area (Å²) >= 11 is 15.1. The molecule has 6 aromatic heterocycles. The molecule has 3 N–H and O–H groups in total. The fourth-order valence-corrected chi connectivity index (χ4v) is 6.29. The van der Waals surface area contributed by atoms with Crippen LogP contribution in [0.4, 0.5) is 0 Å². The molecule has 0 bridgehead atoms. The number of nitrogens with one attached hydrogen (secondary N) is 3. The summed E-state index contributed by atoms with van der Waals surface area (Å²) in [5.74, 6) is 0.641. The largest absolute Gasteiger partial charge is 0.450 e. The minimum atomic E-state index is -0.460. The summed E-state index contributed by atoms with van der Waals surface area (Å²) in [5, 5.41) is 32.8. The first kappa shape index (κ1) is 43.0. The number of alkyl halides is 1. The number of fused-ring (bicyclic) bond motifs is 2. The van der Waals surface area contributed by atoms with Gasteiger partial charge in [-0.1, -0.05) is 39.1 Å². The number of ether oxygens (including phenoxy) is 2. The Morgan fingerprint density at radius 1 is 0.705 bits per heavy atom. The van der Waals surface area contributed by atoms with E-state index >= 15 is 0 Å². The first-order valence-electron chi connectivity index (χ1n) is 17.5. The van der Waals surface area contributed by atoms with Crippen molar-refractivity contribution in [1.82, 2.24) is 49.9 Å². The van der Waals surface area contributed by atoms with Crippen LogP contribution in [0.25, 0.3) is 21.8 Å². The van der Waals surface area contributed by atoms with Crippen LogP contribution in [0.5, 0.6) is 23.0 Å². The Balaban J connectivity index is 0.000000170. The van der Waals surface area contributed by atoms with Crippen molar-refractivity contribution in [3.8, 4) is 35.1 Å². The zero-order valence-corrected chi connectivity index (χ0v) is 34.7. The smallest absolute Gasteiger partial charge is 0.296 e. The second-order valence-corrected chi connectivity index (χ2v) is 13.9. The van der Waals surface area contributed by atoms with E-state index < -0.39 is 5.56 Å². The first-order valence-corrected chi connectivity index (χ1v) is 19.3. The third kappa shape index (κ3) is 10.4. The van der Waals surface area contributed by atoms with Crippen LogP contribution in [0.2, 0.25) is 10.0 Å². The highest BCUT2D eigenvalue weighted by Crippen LogP contribution is 2.27. The maximum absolute atomic E-state index is 13.0. The fraction of sp³-hybridized carbons (Fsp3) is 0.100. The highest BCUT2D eigenvalue weighted by molar-refractivity contribution is 9.08. The van der Waals surface area contributed by atoms with Gasteiger partial charge in [0.25, 0.3) is 22.2 Å². The average molecular weight is 923 g/mol. The standard InChI is InChI=1S/C20H13ClN6O3.C12H8ClN3O2.C8H6BrN3O/c1-11-18(30-14-6-12(8-22)5-13(21)7-14)20(29)27(10-24-11)9-16-17-15(3-2-4-23-17)19(28)26-25-16;1-7-11(12(17)16-6-15-7)18-10-3-8(5-14)2-9(13)4-10;9-4-6-7-5(2-1-3-10-7)8(13)12-11-6/h2-7,10H,9H2,1H3,(H,26,28);2-4,6H,1H3,(H,15,16,17);1-3H,4H2,(H,12,13). The van der Waals surface area contributed by atoms with E-state index in [1.54, 1.807) is 50.5 Å². The van der Waals surface area contributed by atoms with Gasteiger partial charge in [-0.2, -0.15) is 20.7 Å². The molecule has 8 aromatic rings. The number of nitriles is 2. The second-order valence-electron chi connectivity index (χ2n) is 12.4. The van der Waals surface area contributed by atoms with E-state index in [4.69, 9.17) is 43.2 Å². The molecule has 0 unspecified atom stereocenters. The zero-order chi connectivity index (χ0) is 43.6. The van der Waals surface area contributed by atoms with Crippen molar-refractivity contribution >= 4 is 60.9 Å². The Hall–Kier alpha value is -7.58. The molecule has 61 heavy (non-hydrogen) atoms. The minimum absolute atomic E-state index is 0.00894. The van der Waals surface area contributed by atoms with Gasteiger partial charge < -0.3 is 14.5 Å². The van der Waals surface area contributed by atoms with Gasteiger partial charge in [-0.25, -0.2) is 20.2 Å². The molecule has 8 rings (SSSR count). The summed E-state index contributed by atoms with van der Waals surface area (Å²) in [5.41, 5.74) is 2.26. The fourth-order valence-electron chi connectivity index (χ4n) is 5.45. The Bertz CT molecular complexity index is 3270. The second kappa shape index (κ2) is 19.4. The number of rotatable bonds is 7. The van der Waals surface area contributed by atoms with Crippen LogP contribution < -0.4 is 31.7 Å². The molecule has 2 aromatic carbocycles. The van der Waals surface area contributed by atoms with Crippen molar-refractivity contribution in [2.45, 2.75) is 25.7 Å². The Morgan fingerprint density at radius 2 is 1.23 bits per heavy atom. The lowest BCUT2D eigenvalue weighted by Gasteiger charge is -2.12. The summed E-state index contributed by atoms with van der Waals surface area (Å²) in [6, 6.07) is 19.7. The summed E-state index contributed by atoms with van der Waals surface area (Å²) in [6.45, 7) is 3.30. The average Bonchev–Trinajstić information content (AvgIpc) is 3.26. The van der Waals surface area contributed by atoms with E-state index in [1.807, 2.05) is 12.1 Å². The van der Waals surface area contributed by atoms with E-state index in [1.165, 1.54) is 53.6 Å². The lowest BCUT2D eigenvalue weighted by Crippen LogP contribution is -2.24. The normalized spacial score (nSPS) is 10.4. The molecule has 6 heterocycles. The van der Waals surface area contributed by atoms with Crippen LogP contribution in [0, 0.1) is 36.5 Å². The van der Waals surface area contributed by atoms with Gasteiger partial charge in [0.2, 0.25) is 11.5 Å². The van der Waals surface area contributed by atoms with Crippen molar-refractivity contribution < 1.29 is 9.47 Å². The quantitative estimate of drug-likeness (QED) is 0.151. The molecule has 0 aliphatic carbocycles. The van der Waals surface area contributed by atoms with Crippen LogP contribution in [0.1, 0.15) is 33.9 Å². The van der Waals surface area contributed by atoms with Crippen molar-refractivity contribution in [2.24, 2.45) is 0 Å². The van der Waals surface area contributed by atoms with E-state index in [9.17, 15) is 19.2 Å². The predicted octanol–water partition coefficient (Wildman–Crippen LogP) is 6.16. The molecular formula is C40H27BrCl2N12O6. The number of benzene rings is 2. The molecule has 18 nitrogen and oxygen atoms in total. The molecular weight excluding hydrogens is 895 g/mol. The molecule has 0 spiro atoms. The van der Waals surface area contributed by atoms with Crippen molar-refractivity contribution in [3.05, 3.63) is 171 Å². The lowest BCUT2D eigenvalue weighted by molar-refractivity contribution is 0.458. The summed E-state index contributed by atoms with van der Waals surface area (Å²) in [4.78, 5) is 66.7. The number of halogens is 3. The molecule has 0 saturated heterocycles. The number of aryl methyl sites for hydroxylation is 2. The van der Waals surface area contributed by atoms with Gasteiger partial charge in [-0.3, -0.25) is 33.7 Å². The molecule has 304 valence electrons. The summed E-state index contributed by atoms with van der Waals surface area (Å²) in [7, 11) is 0. The maximum atomic E-state index is 13.0. The van der Waals surface area contributed by atoms with Crippen molar-refractivity contribution in [2.75, 3.05) is 0 Å². The molecule has 0 aliphatic heterocycles. The third-order valence-electron chi connectivity index (χ3n) is 8.29. The molecule has 21 heteroatoms. The maximum Gasteiger partial charge on any atom is 0.296 e. The number of hydrogen-bond acceptors (Lipinski definition) is 14. The molecule has 0 saturated carbocycles. The van der Waals surface area contributed by atoms with E-state index in [0.29, 0.717) is 71.1 Å². The van der Waals surface area contributed by atoms with Crippen LogP contribution in [0.3, 0.4) is 0 Å². The van der Waals surface area contributed by atoms with Gasteiger partial charge in [0.1, 0.15) is 22.7 Å². The third-order valence-corrected chi connectivity index (χ3v) is 9.25. The van der Waals surface area contributed by atoms with Gasteiger partial charge in [0.15, 0.2) is 0 Å². The van der Waals surface area contributed by atoms with Gasteiger partial charge in [0.05, 0.1) is 75.8 Å².